The molecule has 1 aliphatic rings. The lowest BCUT2D eigenvalue weighted by molar-refractivity contribution is 0.200. The highest BCUT2D eigenvalue weighted by Gasteiger charge is 2.17. The SMILES string of the molecule is Cc1cc(CN(C)C(=O)NCc2ccnc(OC3CCCC3)c2)no1. The summed E-state index contributed by atoms with van der Waals surface area (Å²) in [4.78, 5) is 18.0. The van der Waals surface area contributed by atoms with Crippen molar-refractivity contribution in [1.29, 1.82) is 0 Å². The van der Waals surface area contributed by atoms with Crippen molar-refractivity contribution in [3.63, 3.8) is 0 Å². The number of carbonyl (C=O) groups excluding carboxylic acids is 1. The fraction of sp³-hybridized carbons (Fsp3) is 0.500. The van der Waals surface area contributed by atoms with Gasteiger partial charge < -0.3 is 19.5 Å². The number of aromatic nitrogens is 2. The zero-order valence-corrected chi connectivity index (χ0v) is 14.7. The van der Waals surface area contributed by atoms with Crippen LogP contribution in [0.5, 0.6) is 5.88 Å². The quantitative estimate of drug-likeness (QED) is 0.871. The summed E-state index contributed by atoms with van der Waals surface area (Å²) in [7, 11) is 1.72. The monoisotopic (exact) mass is 344 g/mol. The van der Waals surface area contributed by atoms with Gasteiger partial charge in [-0.3, -0.25) is 0 Å². The number of hydrogen-bond donors (Lipinski definition) is 1. The van der Waals surface area contributed by atoms with Gasteiger partial charge in [0.2, 0.25) is 5.88 Å². The number of carbonyl (C=O) groups is 1. The number of urea groups is 1. The molecule has 0 aliphatic heterocycles. The molecule has 1 N–H and O–H groups in total. The van der Waals surface area contributed by atoms with Gasteiger partial charge in [0.1, 0.15) is 17.6 Å². The maximum atomic E-state index is 12.2. The molecule has 0 unspecified atom stereocenters. The summed E-state index contributed by atoms with van der Waals surface area (Å²) in [5.41, 5.74) is 1.69. The van der Waals surface area contributed by atoms with E-state index in [0.29, 0.717) is 19.0 Å². The molecule has 0 atom stereocenters. The zero-order chi connectivity index (χ0) is 17.6. The van der Waals surface area contributed by atoms with E-state index in [9.17, 15) is 4.79 Å². The first-order valence-corrected chi connectivity index (χ1v) is 8.63. The molecular formula is C18H24N4O3. The molecule has 2 heterocycles. The van der Waals surface area contributed by atoms with Crippen LogP contribution in [0.3, 0.4) is 0 Å². The minimum absolute atomic E-state index is 0.171. The summed E-state index contributed by atoms with van der Waals surface area (Å²) in [6.07, 6.45) is 6.61. The van der Waals surface area contributed by atoms with E-state index in [4.69, 9.17) is 9.26 Å². The minimum Gasteiger partial charge on any atom is -0.474 e. The molecule has 0 saturated heterocycles. The molecule has 0 aromatic carbocycles. The molecule has 7 nitrogen and oxygen atoms in total. The Bertz CT molecular complexity index is 710. The van der Waals surface area contributed by atoms with E-state index in [-0.39, 0.29) is 12.1 Å². The van der Waals surface area contributed by atoms with Gasteiger partial charge in [0, 0.05) is 31.9 Å². The standard InChI is InChI=1S/C18H24N4O3/c1-13-9-15(21-25-13)12-22(2)18(23)20-11-14-7-8-19-17(10-14)24-16-5-3-4-6-16/h7-10,16H,3-6,11-12H2,1-2H3,(H,20,23). The Kier molecular flexibility index (Phi) is 5.53. The zero-order valence-electron chi connectivity index (χ0n) is 14.7. The second-order valence-electron chi connectivity index (χ2n) is 6.47. The number of ether oxygens (including phenoxy) is 1. The molecule has 2 aromatic rings. The molecule has 1 aliphatic carbocycles. The highest BCUT2D eigenvalue weighted by molar-refractivity contribution is 5.73. The van der Waals surface area contributed by atoms with Gasteiger partial charge in [0.25, 0.3) is 0 Å². The fourth-order valence-corrected chi connectivity index (χ4v) is 2.92. The van der Waals surface area contributed by atoms with Crippen LogP contribution in [0.1, 0.15) is 42.7 Å². The largest absolute Gasteiger partial charge is 0.474 e. The smallest absolute Gasteiger partial charge is 0.317 e. The molecule has 1 saturated carbocycles. The van der Waals surface area contributed by atoms with E-state index >= 15 is 0 Å². The highest BCUT2D eigenvalue weighted by Crippen LogP contribution is 2.23. The van der Waals surface area contributed by atoms with Crippen LogP contribution in [-0.2, 0) is 13.1 Å². The van der Waals surface area contributed by atoms with E-state index in [1.807, 2.05) is 25.1 Å². The summed E-state index contributed by atoms with van der Waals surface area (Å²) in [6.45, 7) is 2.64. The average molecular weight is 344 g/mol. The van der Waals surface area contributed by atoms with Crippen molar-refractivity contribution < 1.29 is 14.1 Å². The molecule has 2 amide bonds. The molecule has 0 radical (unpaired) electrons. The molecule has 7 heteroatoms. The van der Waals surface area contributed by atoms with E-state index in [1.165, 1.54) is 12.8 Å². The van der Waals surface area contributed by atoms with Crippen molar-refractivity contribution >= 4 is 6.03 Å². The first kappa shape index (κ1) is 17.3. The van der Waals surface area contributed by atoms with E-state index in [0.717, 1.165) is 29.9 Å². The first-order valence-electron chi connectivity index (χ1n) is 8.63. The Morgan fingerprint density at radius 1 is 1.40 bits per heavy atom. The third kappa shape index (κ3) is 4.95. The van der Waals surface area contributed by atoms with Crippen LogP contribution >= 0.6 is 0 Å². The summed E-state index contributed by atoms with van der Waals surface area (Å²) >= 11 is 0. The van der Waals surface area contributed by atoms with Gasteiger partial charge in [-0.15, -0.1) is 0 Å². The summed E-state index contributed by atoms with van der Waals surface area (Å²) in [6, 6.07) is 5.41. The maximum absolute atomic E-state index is 12.2. The van der Waals surface area contributed by atoms with Crippen molar-refractivity contribution in [2.75, 3.05) is 7.05 Å². The van der Waals surface area contributed by atoms with E-state index in [2.05, 4.69) is 15.5 Å². The lowest BCUT2D eigenvalue weighted by Gasteiger charge is -2.17. The van der Waals surface area contributed by atoms with Gasteiger partial charge in [-0.2, -0.15) is 0 Å². The van der Waals surface area contributed by atoms with Gasteiger partial charge in [-0.1, -0.05) is 5.16 Å². The van der Waals surface area contributed by atoms with Crippen LogP contribution in [-0.4, -0.2) is 34.2 Å². The predicted octanol–water partition coefficient (Wildman–Crippen LogP) is 3.04. The lowest BCUT2D eigenvalue weighted by atomic mass is 10.2. The normalized spacial score (nSPS) is 14.5. The summed E-state index contributed by atoms with van der Waals surface area (Å²) in [5.74, 6) is 1.36. The molecule has 0 spiro atoms. The molecule has 0 bridgehead atoms. The van der Waals surface area contributed by atoms with Crippen molar-refractivity contribution in [3.05, 3.63) is 41.4 Å². The summed E-state index contributed by atoms with van der Waals surface area (Å²) in [5, 5.41) is 6.79. The number of nitrogens with one attached hydrogen (secondary N) is 1. The fourth-order valence-electron chi connectivity index (χ4n) is 2.92. The molecule has 134 valence electrons. The van der Waals surface area contributed by atoms with Crippen LogP contribution in [0.4, 0.5) is 4.79 Å². The molecule has 2 aromatic heterocycles. The molecule has 3 rings (SSSR count). The van der Waals surface area contributed by atoms with Crippen LogP contribution in [0.15, 0.2) is 28.9 Å². The Hall–Kier alpha value is -2.57. The van der Waals surface area contributed by atoms with Crippen molar-refractivity contribution in [1.82, 2.24) is 20.4 Å². The third-order valence-electron chi connectivity index (χ3n) is 4.26. The number of rotatable bonds is 6. The minimum atomic E-state index is -0.171. The van der Waals surface area contributed by atoms with E-state index < -0.39 is 0 Å². The number of amides is 2. The van der Waals surface area contributed by atoms with Gasteiger partial charge in [-0.05, 0) is 44.2 Å². The predicted molar refractivity (Wildman–Crippen MR) is 92.1 cm³/mol. The summed E-state index contributed by atoms with van der Waals surface area (Å²) < 4.78 is 10.9. The van der Waals surface area contributed by atoms with Crippen LogP contribution in [0.2, 0.25) is 0 Å². The number of hydrogen-bond acceptors (Lipinski definition) is 5. The second kappa shape index (κ2) is 8.00. The highest BCUT2D eigenvalue weighted by atomic mass is 16.5. The van der Waals surface area contributed by atoms with Gasteiger partial charge in [0.15, 0.2) is 0 Å². The Balaban J connectivity index is 1.49. The van der Waals surface area contributed by atoms with Gasteiger partial charge in [-0.25, -0.2) is 9.78 Å². The van der Waals surface area contributed by atoms with Crippen molar-refractivity contribution in [3.8, 4) is 5.88 Å². The van der Waals surface area contributed by atoms with Crippen LogP contribution in [0.25, 0.3) is 0 Å². The maximum Gasteiger partial charge on any atom is 0.317 e. The lowest BCUT2D eigenvalue weighted by Crippen LogP contribution is -2.36. The van der Waals surface area contributed by atoms with Crippen molar-refractivity contribution in [2.45, 2.75) is 51.8 Å². The Labute approximate surface area is 147 Å². The Morgan fingerprint density at radius 2 is 2.20 bits per heavy atom. The van der Waals surface area contributed by atoms with Gasteiger partial charge in [0.05, 0.1) is 6.54 Å². The van der Waals surface area contributed by atoms with E-state index in [1.54, 1.807) is 18.1 Å². The van der Waals surface area contributed by atoms with Crippen LogP contribution in [0, 0.1) is 6.92 Å². The number of pyridine rings is 1. The van der Waals surface area contributed by atoms with Crippen LogP contribution < -0.4 is 10.1 Å². The van der Waals surface area contributed by atoms with Gasteiger partial charge >= 0.3 is 6.03 Å². The number of aryl methyl sites for hydroxylation is 1. The number of nitrogens with zero attached hydrogens (tertiary/aromatic N) is 3. The molecule has 25 heavy (non-hydrogen) atoms. The average Bonchev–Trinajstić information content (AvgIpc) is 3.25. The molecular weight excluding hydrogens is 320 g/mol. The topological polar surface area (TPSA) is 80.5 Å². The first-order chi connectivity index (χ1) is 12.1. The third-order valence-corrected chi connectivity index (χ3v) is 4.26. The Morgan fingerprint density at radius 3 is 2.92 bits per heavy atom. The molecule has 1 fully saturated rings. The van der Waals surface area contributed by atoms with Crippen molar-refractivity contribution in [2.24, 2.45) is 0 Å². The second-order valence-corrected chi connectivity index (χ2v) is 6.47.